The third-order valence-corrected chi connectivity index (χ3v) is 4.50. The van der Waals surface area contributed by atoms with Crippen molar-refractivity contribution in [2.45, 2.75) is 22.3 Å². The van der Waals surface area contributed by atoms with E-state index in [2.05, 4.69) is 15.0 Å². The number of aromatic nitrogens is 1. The number of carbonyl (C=O) groups excluding carboxylic acids is 1. The highest BCUT2D eigenvalue weighted by Crippen LogP contribution is 2.30. The SMILES string of the molecule is Cc1csc(Sc2ccc(NC(=O)COCC(F)(F)F)cc2)n1. The highest BCUT2D eigenvalue weighted by atomic mass is 32.2. The summed E-state index contributed by atoms with van der Waals surface area (Å²) in [5.41, 5.74) is 1.45. The van der Waals surface area contributed by atoms with Gasteiger partial charge >= 0.3 is 6.18 Å². The molecule has 0 fully saturated rings. The standard InChI is InChI=1S/C14H13F3N2O2S2/c1-9-7-22-13(18-9)23-11-4-2-10(3-5-11)19-12(20)6-21-8-14(15,16)17/h2-5,7H,6,8H2,1H3,(H,19,20). The predicted octanol–water partition coefficient (Wildman–Crippen LogP) is 4.12. The summed E-state index contributed by atoms with van der Waals surface area (Å²) in [6, 6.07) is 6.94. The van der Waals surface area contributed by atoms with Gasteiger partial charge in [-0.1, -0.05) is 11.8 Å². The summed E-state index contributed by atoms with van der Waals surface area (Å²) < 4.78 is 40.9. The lowest BCUT2D eigenvalue weighted by Crippen LogP contribution is -2.23. The van der Waals surface area contributed by atoms with Crippen LogP contribution in [0.2, 0.25) is 0 Å². The Morgan fingerprint density at radius 1 is 1.35 bits per heavy atom. The highest BCUT2D eigenvalue weighted by Gasteiger charge is 2.27. The van der Waals surface area contributed by atoms with Crippen LogP contribution in [0.1, 0.15) is 5.69 Å². The number of nitrogens with one attached hydrogen (secondary N) is 1. The van der Waals surface area contributed by atoms with Gasteiger partial charge in [-0.2, -0.15) is 13.2 Å². The van der Waals surface area contributed by atoms with Crippen molar-refractivity contribution in [2.24, 2.45) is 0 Å². The summed E-state index contributed by atoms with van der Waals surface area (Å²) in [5, 5.41) is 4.43. The van der Waals surface area contributed by atoms with E-state index in [1.807, 2.05) is 12.3 Å². The summed E-state index contributed by atoms with van der Waals surface area (Å²) in [4.78, 5) is 16.7. The Bertz CT molecular complexity index is 657. The van der Waals surface area contributed by atoms with Crippen molar-refractivity contribution in [1.29, 1.82) is 0 Å². The molecule has 0 aliphatic rings. The number of alkyl halides is 3. The number of hydrogen-bond acceptors (Lipinski definition) is 5. The molecule has 0 radical (unpaired) electrons. The molecule has 1 N–H and O–H groups in total. The summed E-state index contributed by atoms with van der Waals surface area (Å²) >= 11 is 3.04. The lowest BCUT2D eigenvalue weighted by Gasteiger charge is -2.08. The molecule has 2 rings (SSSR count). The fourth-order valence-corrected chi connectivity index (χ4v) is 3.35. The number of thiazole rings is 1. The zero-order valence-corrected chi connectivity index (χ0v) is 13.6. The van der Waals surface area contributed by atoms with Gasteiger partial charge in [-0.05, 0) is 31.2 Å². The molecule has 1 amide bonds. The molecule has 1 heterocycles. The van der Waals surface area contributed by atoms with Crippen LogP contribution >= 0.6 is 23.1 Å². The van der Waals surface area contributed by atoms with Gasteiger partial charge in [0.25, 0.3) is 0 Å². The zero-order valence-electron chi connectivity index (χ0n) is 12.0. The Morgan fingerprint density at radius 2 is 2.04 bits per heavy atom. The Labute approximate surface area is 139 Å². The number of hydrogen-bond donors (Lipinski definition) is 1. The normalized spacial score (nSPS) is 11.5. The van der Waals surface area contributed by atoms with Crippen LogP contribution in [0.15, 0.2) is 38.9 Å². The largest absolute Gasteiger partial charge is 0.411 e. The molecule has 0 saturated carbocycles. The van der Waals surface area contributed by atoms with Gasteiger partial charge in [-0.3, -0.25) is 4.79 Å². The molecule has 0 atom stereocenters. The predicted molar refractivity (Wildman–Crippen MR) is 82.9 cm³/mol. The summed E-state index contributed by atoms with van der Waals surface area (Å²) in [6.07, 6.45) is -4.44. The molecule has 0 spiro atoms. The maximum Gasteiger partial charge on any atom is 0.411 e. The smallest absolute Gasteiger partial charge is 0.362 e. The van der Waals surface area contributed by atoms with E-state index in [9.17, 15) is 18.0 Å². The first-order valence-corrected chi connectivity index (χ1v) is 8.16. The Balaban J connectivity index is 1.81. The maximum absolute atomic E-state index is 11.9. The molecule has 23 heavy (non-hydrogen) atoms. The van der Waals surface area contributed by atoms with Crippen molar-refractivity contribution in [3.8, 4) is 0 Å². The fraction of sp³-hybridized carbons (Fsp3) is 0.286. The second-order valence-corrected chi connectivity index (χ2v) is 6.72. The lowest BCUT2D eigenvalue weighted by atomic mass is 10.3. The average Bonchev–Trinajstić information content (AvgIpc) is 2.85. The molecule has 0 saturated heterocycles. The minimum Gasteiger partial charge on any atom is -0.362 e. The number of rotatable bonds is 6. The van der Waals surface area contributed by atoms with Crippen LogP contribution in [-0.4, -0.2) is 30.3 Å². The van der Waals surface area contributed by atoms with Crippen molar-refractivity contribution in [2.75, 3.05) is 18.5 Å². The van der Waals surface area contributed by atoms with E-state index >= 15 is 0 Å². The average molecular weight is 362 g/mol. The molecule has 0 unspecified atom stereocenters. The molecule has 1 aromatic heterocycles. The van der Waals surface area contributed by atoms with Crippen LogP contribution in [0, 0.1) is 6.92 Å². The summed E-state index contributed by atoms with van der Waals surface area (Å²) in [5.74, 6) is -0.634. The van der Waals surface area contributed by atoms with Gasteiger partial charge in [0, 0.05) is 21.7 Å². The second kappa shape index (κ2) is 7.80. The Hall–Kier alpha value is -1.58. The van der Waals surface area contributed by atoms with E-state index in [4.69, 9.17) is 0 Å². The van der Waals surface area contributed by atoms with Crippen LogP contribution in [0.3, 0.4) is 0 Å². The van der Waals surface area contributed by atoms with E-state index in [0.29, 0.717) is 5.69 Å². The monoisotopic (exact) mass is 362 g/mol. The molecule has 2 aromatic rings. The molecule has 9 heteroatoms. The topological polar surface area (TPSA) is 51.2 Å². The molecular formula is C14H13F3N2O2S2. The Kier molecular flexibility index (Phi) is 6.03. The van der Waals surface area contributed by atoms with E-state index in [-0.39, 0.29) is 0 Å². The minimum absolute atomic E-state index is 0.491. The van der Waals surface area contributed by atoms with Gasteiger partial charge in [0.05, 0.1) is 0 Å². The fourth-order valence-electron chi connectivity index (χ4n) is 1.54. The quantitative estimate of drug-likeness (QED) is 0.840. The van der Waals surface area contributed by atoms with Crippen molar-refractivity contribution in [1.82, 2.24) is 4.98 Å². The number of amides is 1. The summed E-state index contributed by atoms with van der Waals surface area (Å²) in [6.45, 7) is -0.169. The minimum atomic E-state index is -4.44. The maximum atomic E-state index is 11.9. The first-order valence-electron chi connectivity index (χ1n) is 6.46. The summed E-state index contributed by atoms with van der Waals surface area (Å²) in [7, 11) is 0. The van der Waals surface area contributed by atoms with Crippen molar-refractivity contribution in [3.63, 3.8) is 0 Å². The van der Waals surface area contributed by atoms with Gasteiger partial charge in [0.1, 0.15) is 13.2 Å². The van der Waals surface area contributed by atoms with Crippen LogP contribution in [0.5, 0.6) is 0 Å². The number of nitrogens with zero attached hydrogens (tertiary/aromatic N) is 1. The number of anilines is 1. The van der Waals surface area contributed by atoms with Crippen LogP contribution in [-0.2, 0) is 9.53 Å². The first-order chi connectivity index (χ1) is 10.8. The molecule has 4 nitrogen and oxygen atoms in total. The third kappa shape index (κ3) is 6.59. The first kappa shape index (κ1) is 17.8. The second-order valence-electron chi connectivity index (χ2n) is 4.54. The van der Waals surface area contributed by atoms with E-state index in [1.165, 1.54) is 11.8 Å². The third-order valence-electron chi connectivity index (χ3n) is 2.44. The van der Waals surface area contributed by atoms with E-state index in [1.54, 1.807) is 35.6 Å². The number of ether oxygens (including phenoxy) is 1. The molecule has 1 aromatic carbocycles. The number of carbonyl (C=O) groups is 1. The molecular weight excluding hydrogens is 349 g/mol. The lowest BCUT2D eigenvalue weighted by molar-refractivity contribution is -0.174. The van der Waals surface area contributed by atoms with Crippen molar-refractivity contribution in [3.05, 3.63) is 35.3 Å². The molecule has 124 valence electrons. The molecule has 0 bridgehead atoms. The molecule has 0 aliphatic carbocycles. The number of benzene rings is 1. The number of aryl methyl sites for hydroxylation is 1. The van der Waals surface area contributed by atoms with E-state index < -0.39 is 25.3 Å². The highest BCUT2D eigenvalue weighted by molar-refractivity contribution is 8.01. The van der Waals surface area contributed by atoms with Crippen LogP contribution in [0.4, 0.5) is 18.9 Å². The van der Waals surface area contributed by atoms with Gasteiger partial charge in [-0.25, -0.2) is 4.98 Å². The Morgan fingerprint density at radius 3 is 2.61 bits per heavy atom. The van der Waals surface area contributed by atoms with Gasteiger partial charge in [-0.15, -0.1) is 11.3 Å². The number of halogens is 3. The van der Waals surface area contributed by atoms with Crippen LogP contribution < -0.4 is 5.32 Å². The molecule has 0 aliphatic heterocycles. The van der Waals surface area contributed by atoms with Gasteiger partial charge in [0.15, 0.2) is 4.34 Å². The van der Waals surface area contributed by atoms with Gasteiger partial charge in [0.2, 0.25) is 5.91 Å². The van der Waals surface area contributed by atoms with Gasteiger partial charge < -0.3 is 10.1 Å². The zero-order chi connectivity index (χ0) is 16.9. The van der Waals surface area contributed by atoms with Crippen molar-refractivity contribution >= 4 is 34.7 Å². The van der Waals surface area contributed by atoms with Crippen molar-refractivity contribution < 1.29 is 22.7 Å². The van der Waals surface area contributed by atoms with Crippen LogP contribution in [0.25, 0.3) is 0 Å². The van der Waals surface area contributed by atoms with E-state index in [0.717, 1.165) is 14.9 Å².